The van der Waals surface area contributed by atoms with Crippen LogP contribution < -0.4 is 0 Å². The summed E-state index contributed by atoms with van der Waals surface area (Å²) in [6, 6.07) is 14.5. The zero-order valence-corrected chi connectivity index (χ0v) is 11.1. The molecule has 1 aromatic heterocycles. The zero-order chi connectivity index (χ0) is 14.7. The maximum Gasteiger partial charge on any atom is 0.339 e. The highest BCUT2D eigenvalue weighted by Gasteiger charge is 2.12. The SMILES string of the molecule is C#CCOC(=O)c1ccc2oc(-c3ccccc3)nc2c1. The van der Waals surface area contributed by atoms with Gasteiger partial charge in [-0.1, -0.05) is 24.1 Å². The molecule has 0 spiro atoms. The van der Waals surface area contributed by atoms with Crippen LogP contribution in [0.4, 0.5) is 0 Å². The van der Waals surface area contributed by atoms with Gasteiger partial charge in [0, 0.05) is 5.56 Å². The molecule has 4 nitrogen and oxygen atoms in total. The normalized spacial score (nSPS) is 10.2. The first-order valence-electron chi connectivity index (χ1n) is 6.34. The highest BCUT2D eigenvalue weighted by atomic mass is 16.5. The van der Waals surface area contributed by atoms with Crippen molar-refractivity contribution >= 4 is 17.1 Å². The van der Waals surface area contributed by atoms with Gasteiger partial charge >= 0.3 is 5.97 Å². The standard InChI is InChI=1S/C17H11NO3/c1-2-10-20-17(19)13-8-9-15-14(11-13)18-16(21-15)12-6-4-3-5-7-12/h1,3-9,11H,10H2. The van der Waals surface area contributed by atoms with E-state index in [1.165, 1.54) is 0 Å². The minimum Gasteiger partial charge on any atom is -0.449 e. The lowest BCUT2D eigenvalue weighted by molar-refractivity contribution is 0.0557. The molecule has 0 N–H and O–H groups in total. The minimum atomic E-state index is -0.473. The van der Waals surface area contributed by atoms with Crippen LogP contribution in [0.25, 0.3) is 22.6 Å². The Labute approximate surface area is 121 Å². The molecule has 0 bridgehead atoms. The molecule has 0 atom stereocenters. The number of oxazole rings is 1. The Kier molecular flexibility index (Phi) is 3.40. The number of nitrogens with zero attached hydrogens (tertiary/aromatic N) is 1. The van der Waals surface area contributed by atoms with E-state index in [-0.39, 0.29) is 6.61 Å². The molecule has 0 aliphatic carbocycles. The van der Waals surface area contributed by atoms with Crippen LogP contribution in [0.1, 0.15) is 10.4 Å². The van der Waals surface area contributed by atoms with E-state index < -0.39 is 5.97 Å². The van der Waals surface area contributed by atoms with E-state index in [1.807, 2.05) is 30.3 Å². The topological polar surface area (TPSA) is 52.3 Å². The summed E-state index contributed by atoms with van der Waals surface area (Å²) in [7, 11) is 0. The number of ether oxygens (including phenoxy) is 1. The summed E-state index contributed by atoms with van der Waals surface area (Å²) in [5, 5.41) is 0. The average molecular weight is 277 g/mol. The number of hydrogen-bond acceptors (Lipinski definition) is 4. The first-order valence-corrected chi connectivity index (χ1v) is 6.34. The second-order valence-electron chi connectivity index (χ2n) is 4.35. The van der Waals surface area contributed by atoms with Gasteiger partial charge in [-0.3, -0.25) is 0 Å². The largest absolute Gasteiger partial charge is 0.449 e. The summed E-state index contributed by atoms with van der Waals surface area (Å²) < 4.78 is 10.6. The van der Waals surface area contributed by atoms with Crippen molar-refractivity contribution in [3.63, 3.8) is 0 Å². The van der Waals surface area contributed by atoms with Gasteiger partial charge in [0.1, 0.15) is 5.52 Å². The molecule has 0 fully saturated rings. The van der Waals surface area contributed by atoms with Crippen molar-refractivity contribution in [2.24, 2.45) is 0 Å². The van der Waals surface area contributed by atoms with Gasteiger partial charge in [-0.05, 0) is 30.3 Å². The molecule has 0 saturated heterocycles. The molecule has 21 heavy (non-hydrogen) atoms. The van der Waals surface area contributed by atoms with Gasteiger partial charge in [-0.2, -0.15) is 0 Å². The van der Waals surface area contributed by atoms with Crippen LogP contribution in [0, 0.1) is 12.3 Å². The molecule has 0 radical (unpaired) electrons. The summed E-state index contributed by atoms with van der Waals surface area (Å²) in [6.07, 6.45) is 5.06. The fourth-order valence-electron chi connectivity index (χ4n) is 1.95. The third-order valence-corrected chi connectivity index (χ3v) is 2.93. The van der Waals surface area contributed by atoms with Crippen molar-refractivity contribution in [2.45, 2.75) is 0 Å². The fourth-order valence-corrected chi connectivity index (χ4v) is 1.95. The second-order valence-corrected chi connectivity index (χ2v) is 4.35. The molecule has 2 aromatic carbocycles. The summed E-state index contributed by atoms with van der Waals surface area (Å²) in [6.45, 7) is -0.0506. The first kappa shape index (κ1) is 12.9. The number of rotatable bonds is 3. The minimum absolute atomic E-state index is 0.0506. The van der Waals surface area contributed by atoms with E-state index >= 15 is 0 Å². The Balaban J connectivity index is 1.96. The fraction of sp³-hybridized carbons (Fsp3) is 0.0588. The Bertz CT molecular complexity index is 828. The molecular weight excluding hydrogens is 266 g/mol. The van der Waals surface area contributed by atoms with Gasteiger partial charge in [0.05, 0.1) is 5.56 Å². The lowest BCUT2D eigenvalue weighted by Crippen LogP contribution is -2.04. The number of benzene rings is 2. The van der Waals surface area contributed by atoms with Gasteiger partial charge in [-0.15, -0.1) is 6.42 Å². The smallest absolute Gasteiger partial charge is 0.339 e. The van der Waals surface area contributed by atoms with E-state index in [4.69, 9.17) is 15.6 Å². The number of hydrogen-bond donors (Lipinski definition) is 0. The quantitative estimate of drug-likeness (QED) is 0.544. The lowest BCUT2D eigenvalue weighted by atomic mass is 10.2. The highest BCUT2D eigenvalue weighted by Crippen LogP contribution is 2.24. The van der Waals surface area contributed by atoms with E-state index in [2.05, 4.69) is 10.9 Å². The van der Waals surface area contributed by atoms with Crippen LogP contribution in [0.2, 0.25) is 0 Å². The van der Waals surface area contributed by atoms with Gasteiger partial charge in [-0.25, -0.2) is 9.78 Å². The van der Waals surface area contributed by atoms with Crippen molar-refractivity contribution < 1.29 is 13.9 Å². The first-order chi connectivity index (χ1) is 10.3. The second kappa shape index (κ2) is 5.51. The summed E-state index contributed by atoms with van der Waals surface area (Å²) in [4.78, 5) is 16.1. The number of esters is 1. The predicted octanol–water partition coefficient (Wildman–Crippen LogP) is 3.28. The van der Waals surface area contributed by atoms with E-state index in [1.54, 1.807) is 18.2 Å². The van der Waals surface area contributed by atoms with Crippen molar-refractivity contribution in [3.05, 3.63) is 54.1 Å². The van der Waals surface area contributed by atoms with Crippen LogP contribution in [0.15, 0.2) is 52.9 Å². The van der Waals surface area contributed by atoms with E-state index in [9.17, 15) is 4.79 Å². The maximum atomic E-state index is 11.7. The van der Waals surface area contributed by atoms with Crippen LogP contribution in [0.5, 0.6) is 0 Å². The molecule has 0 aliphatic rings. The molecule has 0 unspecified atom stereocenters. The number of carbonyl (C=O) groups is 1. The Morgan fingerprint density at radius 1 is 1.24 bits per heavy atom. The summed E-state index contributed by atoms with van der Waals surface area (Å²) >= 11 is 0. The van der Waals surface area contributed by atoms with Crippen LogP contribution in [0.3, 0.4) is 0 Å². The monoisotopic (exact) mass is 277 g/mol. The molecular formula is C17H11NO3. The van der Waals surface area contributed by atoms with E-state index in [0.717, 1.165) is 5.56 Å². The van der Waals surface area contributed by atoms with Gasteiger partial charge < -0.3 is 9.15 Å². The van der Waals surface area contributed by atoms with Crippen LogP contribution >= 0.6 is 0 Å². The Morgan fingerprint density at radius 2 is 2.05 bits per heavy atom. The number of aromatic nitrogens is 1. The molecule has 0 saturated carbocycles. The molecule has 1 heterocycles. The molecule has 3 rings (SSSR count). The van der Waals surface area contributed by atoms with Crippen molar-refractivity contribution in [1.82, 2.24) is 4.98 Å². The van der Waals surface area contributed by atoms with Crippen LogP contribution in [-0.4, -0.2) is 17.6 Å². The Morgan fingerprint density at radius 3 is 2.81 bits per heavy atom. The maximum absolute atomic E-state index is 11.7. The predicted molar refractivity (Wildman–Crippen MR) is 78.6 cm³/mol. The Hall–Kier alpha value is -3.06. The average Bonchev–Trinajstić information content (AvgIpc) is 2.96. The molecule has 0 aliphatic heterocycles. The third kappa shape index (κ3) is 2.63. The van der Waals surface area contributed by atoms with E-state index in [0.29, 0.717) is 22.6 Å². The molecule has 3 aromatic rings. The number of carbonyl (C=O) groups excluding carboxylic acids is 1. The zero-order valence-electron chi connectivity index (χ0n) is 11.1. The number of terminal acetylenes is 1. The third-order valence-electron chi connectivity index (χ3n) is 2.93. The summed E-state index contributed by atoms with van der Waals surface area (Å²) in [5.41, 5.74) is 2.49. The number of fused-ring (bicyclic) bond motifs is 1. The molecule has 102 valence electrons. The van der Waals surface area contributed by atoms with Crippen molar-refractivity contribution in [3.8, 4) is 23.8 Å². The van der Waals surface area contributed by atoms with Gasteiger partial charge in [0.15, 0.2) is 12.2 Å². The van der Waals surface area contributed by atoms with Gasteiger partial charge in [0.25, 0.3) is 0 Å². The highest BCUT2D eigenvalue weighted by molar-refractivity contribution is 5.93. The lowest BCUT2D eigenvalue weighted by Gasteiger charge is -1.99. The molecule has 0 amide bonds. The van der Waals surface area contributed by atoms with Crippen LogP contribution in [-0.2, 0) is 4.74 Å². The summed E-state index contributed by atoms with van der Waals surface area (Å²) in [5.74, 6) is 2.29. The van der Waals surface area contributed by atoms with Gasteiger partial charge in [0.2, 0.25) is 5.89 Å². The molecule has 4 heteroatoms. The van der Waals surface area contributed by atoms with Crippen molar-refractivity contribution in [1.29, 1.82) is 0 Å². The van der Waals surface area contributed by atoms with Crippen molar-refractivity contribution in [2.75, 3.05) is 6.61 Å².